The number of carbonyl (C=O) groups excluding carboxylic acids is 2. The first-order valence-corrected chi connectivity index (χ1v) is 10.6. The van der Waals surface area contributed by atoms with E-state index in [-0.39, 0.29) is 29.7 Å². The summed E-state index contributed by atoms with van der Waals surface area (Å²) >= 11 is 5.99. The van der Waals surface area contributed by atoms with E-state index in [1.54, 1.807) is 36.4 Å². The highest BCUT2D eigenvalue weighted by molar-refractivity contribution is 6.30. The van der Waals surface area contributed by atoms with Crippen molar-refractivity contribution in [3.8, 4) is 0 Å². The van der Waals surface area contributed by atoms with Crippen molar-refractivity contribution in [3.63, 3.8) is 0 Å². The minimum absolute atomic E-state index is 0.0600. The Morgan fingerprint density at radius 3 is 2.56 bits per heavy atom. The van der Waals surface area contributed by atoms with Gasteiger partial charge in [-0.2, -0.15) is 4.98 Å². The molecule has 3 aromatic rings. The first-order chi connectivity index (χ1) is 15.3. The topological polar surface area (TPSA) is 116 Å². The normalized spacial score (nSPS) is 15.1. The first kappa shape index (κ1) is 21.6. The third-order valence-corrected chi connectivity index (χ3v) is 5.43. The van der Waals surface area contributed by atoms with Gasteiger partial charge in [-0.25, -0.2) is 0 Å². The van der Waals surface area contributed by atoms with Crippen LogP contribution in [-0.4, -0.2) is 21.8 Å². The zero-order valence-corrected chi connectivity index (χ0v) is 18.3. The lowest BCUT2D eigenvalue weighted by Crippen LogP contribution is -2.36. The average molecular weight is 452 g/mol. The van der Waals surface area contributed by atoms with Crippen molar-refractivity contribution in [1.82, 2.24) is 9.97 Å². The number of carbonyl (C=O) groups is 2. The summed E-state index contributed by atoms with van der Waals surface area (Å²) in [6, 6.07) is 14.4. The quantitative estimate of drug-likeness (QED) is 0.460. The number of hydrogen-bond acceptors (Lipinski definition) is 5. The number of fused-ring (bicyclic) bond motifs is 1. The van der Waals surface area contributed by atoms with E-state index in [0.29, 0.717) is 22.3 Å². The highest BCUT2D eigenvalue weighted by Crippen LogP contribution is 2.30. The molecule has 2 heterocycles. The molecule has 32 heavy (non-hydrogen) atoms. The SMILES string of the molecule is CC(C)c1ccc(NC(=O)C2CC(=O)Nc3nc(Nc4cccc(Cl)c4)[nH]c(=O)c32)cc1. The molecule has 1 atom stereocenters. The maximum absolute atomic E-state index is 13.0. The number of rotatable bonds is 5. The van der Waals surface area contributed by atoms with Gasteiger partial charge in [-0.3, -0.25) is 19.4 Å². The summed E-state index contributed by atoms with van der Waals surface area (Å²) in [4.78, 5) is 45.0. The fraction of sp³-hybridized carbons (Fsp3) is 0.217. The van der Waals surface area contributed by atoms with Crippen LogP contribution in [0.2, 0.25) is 5.02 Å². The molecule has 164 valence electrons. The van der Waals surface area contributed by atoms with Crippen molar-refractivity contribution in [3.05, 3.63) is 75.0 Å². The Balaban J connectivity index is 1.60. The molecule has 2 aromatic carbocycles. The fourth-order valence-corrected chi connectivity index (χ4v) is 3.73. The summed E-state index contributed by atoms with van der Waals surface area (Å²) in [5.74, 6) is -1.24. The van der Waals surface area contributed by atoms with Crippen molar-refractivity contribution in [1.29, 1.82) is 0 Å². The molecule has 1 aliphatic rings. The molecule has 0 fully saturated rings. The van der Waals surface area contributed by atoms with Crippen molar-refractivity contribution in [2.24, 2.45) is 0 Å². The predicted octanol–water partition coefficient (Wildman–Crippen LogP) is 4.35. The summed E-state index contributed by atoms with van der Waals surface area (Å²) < 4.78 is 0. The van der Waals surface area contributed by atoms with Crippen LogP contribution in [0.15, 0.2) is 53.3 Å². The summed E-state index contributed by atoms with van der Waals surface area (Å²) in [5, 5.41) is 8.85. The van der Waals surface area contributed by atoms with Crippen LogP contribution in [0.3, 0.4) is 0 Å². The Labute approximate surface area is 189 Å². The molecule has 0 spiro atoms. The van der Waals surface area contributed by atoms with Gasteiger partial charge in [-0.05, 0) is 41.8 Å². The molecule has 0 bridgehead atoms. The Kier molecular flexibility index (Phi) is 5.96. The van der Waals surface area contributed by atoms with Crippen LogP contribution in [0.4, 0.5) is 23.1 Å². The summed E-state index contributed by atoms with van der Waals surface area (Å²) in [6.07, 6.45) is -0.144. The molecule has 2 amide bonds. The Hall–Kier alpha value is -3.65. The molecule has 8 nitrogen and oxygen atoms in total. The van der Waals surface area contributed by atoms with Gasteiger partial charge in [-0.1, -0.05) is 43.6 Å². The number of nitrogens with one attached hydrogen (secondary N) is 4. The van der Waals surface area contributed by atoms with Gasteiger partial charge in [0.05, 0.1) is 11.5 Å². The Morgan fingerprint density at radius 2 is 1.88 bits per heavy atom. The number of hydrogen-bond donors (Lipinski definition) is 4. The molecule has 1 unspecified atom stereocenters. The molecule has 1 aromatic heterocycles. The second-order valence-corrected chi connectivity index (χ2v) is 8.32. The van der Waals surface area contributed by atoms with Gasteiger partial charge in [0.1, 0.15) is 5.82 Å². The van der Waals surface area contributed by atoms with Gasteiger partial charge < -0.3 is 16.0 Å². The largest absolute Gasteiger partial charge is 0.326 e. The third kappa shape index (κ3) is 4.65. The number of amides is 2. The fourth-order valence-electron chi connectivity index (χ4n) is 3.54. The molecule has 0 radical (unpaired) electrons. The minimum atomic E-state index is -0.958. The zero-order chi connectivity index (χ0) is 22.8. The van der Waals surface area contributed by atoms with Crippen LogP contribution in [-0.2, 0) is 9.59 Å². The minimum Gasteiger partial charge on any atom is -0.326 e. The summed E-state index contributed by atoms with van der Waals surface area (Å²) in [6.45, 7) is 4.17. The van der Waals surface area contributed by atoms with Crippen LogP contribution < -0.4 is 21.5 Å². The van der Waals surface area contributed by atoms with Crippen molar-refractivity contribution in [2.75, 3.05) is 16.0 Å². The van der Waals surface area contributed by atoms with Crippen molar-refractivity contribution in [2.45, 2.75) is 32.1 Å². The Bertz CT molecular complexity index is 1240. The summed E-state index contributed by atoms with van der Waals surface area (Å²) in [5.41, 5.74) is 1.97. The first-order valence-electron chi connectivity index (χ1n) is 10.2. The third-order valence-electron chi connectivity index (χ3n) is 5.20. The predicted molar refractivity (Wildman–Crippen MR) is 125 cm³/mol. The van der Waals surface area contributed by atoms with E-state index in [1.165, 1.54) is 0 Å². The number of nitrogens with zero attached hydrogens (tertiary/aromatic N) is 1. The highest BCUT2D eigenvalue weighted by Gasteiger charge is 2.34. The van der Waals surface area contributed by atoms with E-state index < -0.39 is 17.4 Å². The van der Waals surface area contributed by atoms with Crippen molar-refractivity contribution < 1.29 is 9.59 Å². The van der Waals surface area contributed by atoms with Crippen LogP contribution in [0.25, 0.3) is 0 Å². The van der Waals surface area contributed by atoms with E-state index in [0.717, 1.165) is 5.56 Å². The van der Waals surface area contributed by atoms with E-state index in [9.17, 15) is 14.4 Å². The van der Waals surface area contributed by atoms with Crippen LogP contribution in [0.1, 0.15) is 43.2 Å². The number of aromatic nitrogens is 2. The van der Waals surface area contributed by atoms with E-state index in [2.05, 4.69) is 39.8 Å². The molecule has 4 rings (SSSR count). The smallest absolute Gasteiger partial charge is 0.258 e. The number of aromatic amines is 1. The van der Waals surface area contributed by atoms with Crippen molar-refractivity contribution >= 4 is 46.6 Å². The van der Waals surface area contributed by atoms with E-state index in [4.69, 9.17) is 11.6 Å². The molecule has 9 heteroatoms. The summed E-state index contributed by atoms with van der Waals surface area (Å²) in [7, 11) is 0. The lowest BCUT2D eigenvalue weighted by molar-refractivity contribution is -0.123. The van der Waals surface area contributed by atoms with Crippen LogP contribution in [0.5, 0.6) is 0 Å². The maximum atomic E-state index is 13.0. The second kappa shape index (κ2) is 8.84. The molecular formula is C23H22ClN5O3. The molecule has 0 saturated carbocycles. The lowest BCUT2D eigenvalue weighted by atomic mass is 9.92. The van der Waals surface area contributed by atoms with Gasteiger partial charge in [0.25, 0.3) is 5.56 Å². The zero-order valence-electron chi connectivity index (χ0n) is 17.5. The van der Waals surface area contributed by atoms with Gasteiger partial charge in [0.2, 0.25) is 17.8 Å². The second-order valence-electron chi connectivity index (χ2n) is 7.88. The number of halogens is 1. The van der Waals surface area contributed by atoms with Gasteiger partial charge >= 0.3 is 0 Å². The number of H-pyrrole nitrogens is 1. The maximum Gasteiger partial charge on any atom is 0.258 e. The van der Waals surface area contributed by atoms with Gasteiger partial charge in [0, 0.05) is 22.8 Å². The van der Waals surface area contributed by atoms with Crippen LogP contribution in [0, 0.1) is 0 Å². The molecule has 0 aliphatic carbocycles. The molecular weight excluding hydrogens is 430 g/mol. The molecule has 4 N–H and O–H groups in total. The van der Waals surface area contributed by atoms with E-state index in [1.807, 2.05) is 12.1 Å². The monoisotopic (exact) mass is 451 g/mol. The van der Waals surface area contributed by atoms with Crippen LogP contribution >= 0.6 is 11.6 Å². The number of anilines is 4. The van der Waals surface area contributed by atoms with Gasteiger partial charge in [-0.15, -0.1) is 0 Å². The van der Waals surface area contributed by atoms with Gasteiger partial charge in [0.15, 0.2) is 0 Å². The number of benzene rings is 2. The average Bonchev–Trinajstić information content (AvgIpc) is 2.73. The van der Waals surface area contributed by atoms with E-state index >= 15 is 0 Å². The Morgan fingerprint density at radius 1 is 1.12 bits per heavy atom. The lowest BCUT2D eigenvalue weighted by Gasteiger charge is -2.23. The molecule has 0 saturated heterocycles. The highest BCUT2D eigenvalue weighted by atomic mass is 35.5. The molecule has 1 aliphatic heterocycles. The standard InChI is InChI=1S/C23H22ClN5O3/c1-12(2)13-6-8-15(9-7-13)25-21(31)17-11-18(30)27-20-19(17)22(32)29-23(28-20)26-16-5-3-4-14(24)10-16/h3-10,12,17H,11H2,1-2H3,(H,25,31)(H3,26,27,28,29,30,32).